The lowest BCUT2D eigenvalue weighted by molar-refractivity contribution is -0.122. The molecular formula is C13H17ClN4O2. The summed E-state index contributed by atoms with van der Waals surface area (Å²) in [6.07, 6.45) is 0. The Labute approximate surface area is 123 Å². The van der Waals surface area contributed by atoms with Crippen molar-refractivity contribution < 1.29 is 9.32 Å². The zero-order valence-electron chi connectivity index (χ0n) is 11.3. The molecule has 1 unspecified atom stereocenters. The van der Waals surface area contributed by atoms with Crippen molar-refractivity contribution in [2.24, 2.45) is 5.73 Å². The number of hydrogen-bond donors (Lipinski definition) is 2. The van der Waals surface area contributed by atoms with Crippen molar-refractivity contribution in [1.29, 1.82) is 0 Å². The normalized spacial score (nSPS) is 11.6. The summed E-state index contributed by atoms with van der Waals surface area (Å²) in [5.41, 5.74) is 7.77. The maximum absolute atomic E-state index is 11.9. The highest BCUT2D eigenvalue weighted by atomic mass is 35.5. The molecule has 0 fully saturated rings. The molecule has 1 heterocycles. The van der Waals surface area contributed by atoms with Gasteiger partial charge in [-0.3, -0.25) is 4.79 Å². The SMILES string of the molecule is Cc1ccc(C(N)C(=O)NCc2nc(C)no2)cc1.Cl. The lowest BCUT2D eigenvalue weighted by Gasteiger charge is -2.11. The molecule has 0 saturated heterocycles. The van der Waals surface area contributed by atoms with E-state index in [-0.39, 0.29) is 24.9 Å². The van der Waals surface area contributed by atoms with Crippen molar-refractivity contribution in [2.75, 3.05) is 0 Å². The number of carbonyl (C=O) groups excluding carboxylic acids is 1. The van der Waals surface area contributed by atoms with Crippen LogP contribution in [0.15, 0.2) is 28.8 Å². The van der Waals surface area contributed by atoms with E-state index in [1.165, 1.54) is 0 Å². The maximum atomic E-state index is 11.9. The topological polar surface area (TPSA) is 94.0 Å². The van der Waals surface area contributed by atoms with Crippen molar-refractivity contribution in [3.05, 3.63) is 47.1 Å². The number of nitrogens with two attached hydrogens (primary N) is 1. The monoisotopic (exact) mass is 296 g/mol. The van der Waals surface area contributed by atoms with Gasteiger partial charge in [0.05, 0.1) is 6.54 Å². The Kier molecular flexibility index (Phi) is 5.66. The molecule has 3 N–H and O–H groups in total. The molecular weight excluding hydrogens is 280 g/mol. The van der Waals surface area contributed by atoms with Crippen LogP contribution < -0.4 is 11.1 Å². The third-order valence-corrected chi connectivity index (χ3v) is 2.70. The van der Waals surface area contributed by atoms with Gasteiger partial charge in [0.15, 0.2) is 5.82 Å². The van der Waals surface area contributed by atoms with E-state index in [0.717, 1.165) is 11.1 Å². The second-order valence-corrected chi connectivity index (χ2v) is 4.34. The third-order valence-electron chi connectivity index (χ3n) is 2.70. The fourth-order valence-electron chi connectivity index (χ4n) is 1.61. The summed E-state index contributed by atoms with van der Waals surface area (Å²) < 4.78 is 4.90. The molecule has 0 aliphatic carbocycles. The summed E-state index contributed by atoms with van der Waals surface area (Å²) in [4.78, 5) is 15.9. The minimum atomic E-state index is -0.704. The van der Waals surface area contributed by atoms with Gasteiger partial charge in [-0.15, -0.1) is 12.4 Å². The van der Waals surface area contributed by atoms with Crippen molar-refractivity contribution in [1.82, 2.24) is 15.5 Å². The molecule has 1 aromatic carbocycles. The summed E-state index contributed by atoms with van der Waals surface area (Å²) in [6.45, 7) is 3.87. The Bertz CT molecular complexity index is 568. The highest BCUT2D eigenvalue weighted by molar-refractivity contribution is 5.85. The Morgan fingerprint density at radius 1 is 1.35 bits per heavy atom. The molecule has 0 aliphatic heterocycles. The van der Waals surface area contributed by atoms with E-state index in [1.54, 1.807) is 6.92 Å². The van der Waals surface area contributed by atoms with Crippen LogP contribution in [0.1, 0.15) is 28.9 Å². The van der Waals surface area contributed by atoms with Gasteiger partial charge in [-0.25, -0.2) is 0 Å². The fourth-order valence-corrected chi connectivity index (χ4v) is 1.61. The number of aromatic nitrogens is 2. The minimum absolute atomic E-state index is 0. The molecule has 2 aromatic rings. The van der Waals surface area contributed by atoms with Crippen LogP contribution in [0, 0.1) is 13.8 Å². The number of halogens is 1. The molecule has 0 spiro atoms. The Morgan fingerprint density at radius 2 is 2.00 bits per heavy atom. The van der Waals surface area contributed by atoms with Gasteiger partial charge in [0.1, 0.15) is 6.04 Å². The first-order valence-electron chi connectivity index (χ1n) is 5.95. The van der Waals surface area contributed by atoms with Gasteiger partial charge in [0, 0.05) is 0 Å². The second kappa shape index (κ2) is 7.02. The molecule has 20 heavy (non-hydrogen) atoms. The Morgan fingerprint density at radius 3 is 2.55 bits per heavy atom. The third kappa shape index (κ3) is 4.04. The molecule has 0 aliphatic rings. The van der Waals surface area contributed by atoms with Crippen LogP contribution in [0.3, 0.4) is 0 Å². The fraction of sp³-hybridized carbons (Fsp3) is 0.308. The maximum Gasteiger partial charge on any atom is 0.246 e. The van der Waals surface area contributed by atoms with Crippen molar-refractivity contribution in [2.45, 2.75) is 26.4 Å². The first-order chi connectivity index (χ1) is 9.06. The Balaban J connectivity index is 0.00000200. The van der Waals surface area contributed by atoms with E-state index < -0.39 is 6.04 Å². The molecule has 7 heteroatoms. The van der Waals surface area contributed by atoms with Crippen LogP contribution in [-0.4, -0.2) is 16.0 Å². The molecule has 1 amide bonds. The lowest BCUT2D eigenvalue weighted by atomic mass is 10.1. The smallest absolute Gasteiger partial charge is 0.246 e. The number of hydrogen-bond acceptors (Lipinski definition) is 5. The first kappa shape index (κ1) is 16.1. The van der Waals surface area contributed by atoms with E-state index in [2.05, 4.69) is 15.5 Å². The number of amides is 1. The summed E-state index contributed by atoms with van der Waals surface area (Å²) in [7, 11) is 0. The molecule has 2 rings (SSSR count). The van der Waals surface area contributed by atoms with Crippen LogP contribution in [0.25, 0.3) is 0 Å². The number of nitrogens with one attached hydrogen (secondary N) is 1. The summed E-state index contributed by atoms with van der Waals surface area (Å²) in [5, 5.41) is 6.30. The summed E-state index contributed by atoms with van der Waals surface area (Å²) in [5.74, 6) is 0.619. The molecule has 0 saturated carbocycles. The van der Waals surface area contributed by atoms with Gasteiger partial charge in [-0.2, -0.15) is 4.98 Å². The summed E-state index contributed by atoms with van der Waals surface area (Å²) in [6, 6.07) is 6.82. The largest absolute Gasteiger partial charge is 0.345 e. The molecule has 0 bridgehead atoms. The number of rotatable bonds is 4. The summed E-state index contributed by atoms with van der Waals surface area (Å²) >= 11 is 0. The van der Waals surface area contributed by atoms with Crippen LogP contribution in [0.5, 0.6) is 0 Å². The number of nitrogens with zero attached hydrogens (tertiary/aromatic N) is 2. The standard InChI is InChI=1S/C13H16N4O2.ClH/c1-8-3-5-10(6-4-8)12(14)13(18)15-7-11-16-9(2)17-19-11;/h3-6,12H,7,14H2,1-2H3,(H,15,18);1H. The van der Waals surface area contributed by atoms with Crippen LogP contribution in [-0.2, 0) is 11.3 Å². The van der Waals surface area contributed by atoms with Gasteiger partial charge in [-0.1, -0.05) is 35.0 Å². The van der Waals surface area contributed by atoms with E-state index >= 15 is 0 Å². The lowest BCUT2D eigenvalue weighted by Crippen LogP contribution is -2.33. The van der Waals surface area contributed by atoms with Crippen molar-refractivity contribution in [3.63, 3.8) is 0 Å². The first-order valence-corrected chi connectivity index (χ1v) is 5.95. The van der Waals surface area contributed by atoms with Gasteiger partial charge >= 0.3 is 0 Å². The highest BCUT2D eigenvalue weighted by Gasteiger charge is 2.16. The van der Waals surface area contributed by atoms with Crippen molar-refractivity contribution in [3.8, 4) is 0 Å². The van der Waals surface area contributed by atoms with Gasteiger partial charge in [-0.05, 0) is 19.4 Å². The molecule has 108 valence electrons. The van der Waals surface area contributed by atoms with Gasteiger partial charge in [0.2, 0.25) is 11.8 Å². The average molecular weight is 297 g/mol. The quantitative estimate of drug-likeness (QED) is 0.890. The van der Waals surface area contributed by atoms with Gasteiger partial charge < -0.3 is 15.6 Å². The van der Waals surface area contributed by atoms with Crippen LogP contribution in [0.4, 0.5) is 0 Å². The van der Waals surface area contributed by atoms with Gasteiger partial charge in [0.25, 0.3) is 0 Å². The van der Waals surface area contributed by atoms with E-state index in [4.69, 9.17) is 10.3 Å². The van der Waals surface area contributed by atoms with Crippen LogP contribution in [0.2, 0.25) is 0 Å². The number of benzene rings is 1. The zero-order chi connectivity index (χ0) is 13.8. The zero-order valence-corrected chi connectivity index (χ0v) is 12.1. The molecule has 1 atom stereocenters. The Hall–Kier alpha value is -1.92. The number of aryl methyl sites for hydroxylation is 2. The highest BCUT2D eigenvalue weighted by Crippen LogP contribution is 2.11. The van der Waals surface area contributed by atoms with E-state index in [1.807, 2.05) is 31.2 Å². The molecule has 6 nitrogen and oxygen atoms in total. The van der Waals surface area contributed by atoms with Crippen LogP contribution >= 0.6 is 12.4 Å². The predicted octanol–water partition coefficient (Wildman–Crippen LogP) is 1.42. The van der Waals surface area contributed by atoms with E-state index in [0.29, 0.717) is 11.7 Å². The van der Waals surface area contributed by atoms with Crippen molar-refractivity contribution >= 4 is 18.3 Å². The second-order valence-electron chi connectivity index (χ2n) is 4.34. The average Bonchev–Trinajstić information content (AvgIpc) is 2.82. The van der Waals surface area contributed by atoms with E-state index in [9.17, 15) is 4.79 Å². The molecule has 1 aromatic heterocycles. The number of carbonyl (C=O) groups is 1. The minimum Gasteiger partial charge on any atom is -0.345 e. The predicted molar refractivity (Wildman–Crippen MR) is 76.2 cm³/mol. The molecule has 0 radical (unpaired) electrons.